The molecule has 0 radical (unpaired) electrons. The molecular weight excluding hydrogens is 222 g/mol. The lowest BCUT2D eigenvalue weighted by atomic mass is 10.1. The normalized spacial score (nSPS) is 10.1. The van der Waals surface area contributed by atoms with Gasteiger partial charge in [0, 0.05) is 24.4 Å². The number of pyridine rings is 1. The fourth-order valence-corrected chi connectivity index (χ4v) is 1.43. The SMILES string of the molecule is COC(=O)c1cc(OC)cc(CCCCO)n1. The fraction of sp³-hybridized carbons (Fsp3) is 0.500. The Hall–Kier alpha value is -1.62. The maximum absolute atomic E-state index is 11.4. The number of nitrogens with zero attached hydrogens (tertiary/aromatic N) is 1. The van der Waals surface area contributed by atoms with Crippen molar-refractivity contribution in [3.8, 4) is 5.75 Å². The number of aliphatic hydroxyl groups is 1. The van der Waals surface area contributed by atoms with Crippen LogP contribution in [0.5, 0.6) is 5.75 Å². The van der Waals surface area contributed by atoms with Gasteiger partial charge in [0.05, 0.1) is 14.2 Å². The molecule has 0 saturated carbocycles. The van der Waals surface area contributed by atoms with E-state index in [2.05, 4.69) is 9.72 Å². The maximum Gasteiger partial charge on any atom is 0.356 e. The highest BCUT2D eigenvalue weighted by Gasteiger charge is 2.10. The number of hydrogen-bond donors (Lipinski definition) is 1. The van der Waals surface area contributed by atoms with Crippen LogP contribution in [0.3, 0.4) is 0 Å². The first-order valence-corrected chi connectivity index (χ1v) is 5.45. The first kappa shape index (κ1) is 13.4. The third kappa shape index (κ3) is 4.03. The first-order chi connectivity index (χ1) is 8.21. The van der Waals surface area contributed by atoms with Crippen LogP contribution in [0.2, 0.25) is 0 Å². The van der Waals surface area contributed by atoms with Gasteiger partial charge < -0.3 is 14.6 Å². The van der Waals surface area contributed by atoms with E-state index >= 15 is 0 Å². The van der Waals surface area contributed by atoms with E-state index in [1.54, 1.807) is 12.1 Å². The molecule has 0 aliphatic rings. The van der Waals surface area contributed by atoms with E-state index in [0.717, 1.165) is 12.1 Å². The second-order valence-electron chi connectivity index (χ2n) is 3.56. The topological polar surface area (TPSA) is 68.7 Å². The molecule has 1 aromatic rings. The molecule has 0 saturated heterocycles. The summed E-state index contributed by atoms with van der Waals surface area (Å²) in [4.78, 5) is 15.6. The zero-order valence-electron chi connectivity index (χ0n) is 10.1. The van der Waals surface area contributed by atoms with Crippen molar-refractivity contribution in [3.05, 3.63) is 23.5 Å². The number of rotatable bonds is 6. The molecule has 0 aliphatic heterocycles. The van der Waals surface area contributed by atoms with Crippen LogP contribution >= 0.6 is 0 Å². The monoisotopic (exact) mass is 239 g/mol. The van der Waals surface area contributed by atoms with Crippen LogP contribution < -0.4 is 4.74 Å². The number of carbonyl (C=O) groups is 1. The van der Waals surface area contributed by atoms with Gasteiger partial charge in [0.25, 0.3) is 0 Å². The highest BCUT2D eigenvalue weighted by atomic mass is 16.5. The lowest BCUT2D eigenvalue weighted by Crippen LogP contribution is -2.07. The van der Waals surface area contributed by atoms with E-state index in [-0.39, 0.29) is 12.3 Å². The Bertz CT molecular complexity index is 379. The van der Waals surface area contributed by atoms with Gasteiger partial charge >= 0.3 is 5.97 Å². The number of carbonyl (C=O) groups excluding carboxylic acids is 1. The lowest BCUT2D eigenvalue weighted by molar-refractivity contribution is 0.0593. The zero-order chi connectivity index (χ0) is 12.7. The van der Waals surface area contributed by atoms with Gasteiger partial charge in [-0.25, -0.2) is 9.78 Å². The molecule has 0 unspecified atom stereocenters. The number of unbranched alkanes of at least 4 members (excludes halogenated alkanes) is 1. The minimum absolute atomic E-state index is 0.161. The molecule has 0 atom stereocenters. The second-order valence-corrected chi connectivity index (χ2v) is 3.56. The van der Waals surface area contributed by atoms with E-state index in [4.69, 9.17) is 9.84 Å². The second kappa shape index (κ2) is 6.85. The number of aromatic nitrogens is 1. The van der Waals surface area contributed by atoms with Gasteiger partial charge in [0.2, 0.25) is 0 Å². The Morgan fingerprint density at radius 3 is 2.71 bits per heavy atom. The van der Waals surface area contributed by atoms with Gasteiger partial charge in [-0.3, -0.25) is 0 Å². The van der Waals surface area contributed by atoms with Crippen LogP contribution in [0.25, 0.3) is 0 Å². The third-order valence-electron chi connectivity index (χ3n) is 2.32. The number of esters is 1. The summed E-state index contributed by atoms with van der Waals surface area (Å²) in [5.74, 6) is 0.103. The molecule has 1 rings (SSSR count). The first-order valence-electron chi connectivity index (χ1n) is 5.45. The van der Waals surface area contributed by atoms with Crippen molar-refractivity contribution in [1.82, 2.24) is 4.98 Å². The zero-order valence-corrected chi connectivity index (χ0v) is 10.1. The molecule has 5 heteroatoms. The van der Waals surface area contributed by atoms with Gasteiger partial charge in [-0.15, -0.1) is 0 Å². The van der Waals surface area contributed by atoms with Gasteiger partial charge in [0.1, 0.15) is 5.75 Å². The predicted molar refractivity (Wildman–Crippen MR) is 62.2 cm³/mol. The Kier molecular flexibility index (Phi) is 5.42. The number of aliphatic hydroxyl groups excluding tert-OH is 1. The molecular formula is C12H17NO4. The number of ether oxygens (including phenoxy) is 2. The van der Waals surface area contributed by atoms with Gasteiger partial charge in [-0.2, -0.15) is 0 Å². The largest absolute Gasteiger partial charge is 0.497 e. The summed E-state index contributed by atoms with van der Waals surface area (Å²) in [6.07, 6.45) is 2.23. The van der Waals surface area contributed by atoms with E-state index in [9.17, 15) is 4.79 Å². The summed E-state index contributed by atoms with van der Waals surface area (Å²) in [7, 11) is 2.85. The van der Waals surface area contributed by atoms with Crippen LogP contribution in [0.15, 0.2) is 12.1 Å². The summed E-state index contributed by atoms with van der Waals surface area (Å²) < 4.78 is 9.72. The van der Waals surface area contributed by atoms with E-state index in [0.29, 0.717) is 18.6 Å². The average molecular weight is 239 g/mol. The smallest absolute Gasteiger partial charge is 0.356 e. The molecule has 1 aromatic heterocycles. The minimum atomic E-state index is -0.479. The summed E-state index contributed by atoms with van der Waals surface area (Å²) in [5, 5.41) is 8.71. The van der Waals surface area contributed by atoms with E-state index in [1.807, 2.05) is 0 Å². The van der Waals surface area contributed by atoms with Crippen LogP contribution in [-0.4, -0.2) is 36.9 Å². The minimum Gasteiger partial charge on any atom is -0.497 e. The fourth-order valence-electron chi connectivity index (χ4n) is 1.43. The quantitative estimate of drug-likeness (QED) is 0.596. The van der Waals surface area contributed by atoms with Crippen molar-refractivity contribution < 1.29 is 19.4 Å². The maximum atomic E-state index is 11.4. The third-order valence-corrected chi connectivity index (χ3v) is 2.32. The van der Waals surface area contributed by atoms with Crippen molar-refractivity contribution in [2.24, 2.45) is 0 Å². The number of aryl methyl sites for hydroxylation is 1. The molecule has 0 bridgehead atoms. The van der Waals surface area contributed by atoms with Crippen molar-refractivity contribution in [3.63, 3.8) is 0 Å². The summed E-state index contributed by atoms with van der Waals surface area (Å²) >= 11 is 0. The molecule has 94 valence electrons. The highest BCUT2D eigenvalue weighted by molar-refractivity contribution is 5.87. The van der Waals surface area contributed by atoms with Gasteiger partial charge in [-0.05, 0) is 19.3 Å². The van der Waals surface area contributed by atoms with Gasteiger partial charge in [-0.1, -0.05) is 0 Å². The Balaban J connectivity index is 2.85. The summed E-state index contributed by atoms with van der Waals surface area (Å²) in [5.41, 5.74) is 1.00. The standard InChI is InChI=1S/C12H17NO4/c1-16-10-7-9(5-3-4-6-14)13-11(8-10)12(15)17-2/h7-8,14H,3-6H2,1-2H3. The molecule has 5 nitrogen and oxygen atoms in total. The molecule has 1 heterocycles. The van der Waals surface area contributed by atoms with E-state index in [1.165, 1.54) is 14.2 Å². The van der Waals surface area contributed by atoms with Crippen LogP contribution in [-0.2, 0) is 11.2 Å². The lowest BCUT2D eigenvalue weighted by Gasteiger charge is -2.06. The molecule has 0 spiro atoms. The average Bonchev–Trinajstić information content (AvgIpc) is 2.37. The van der Waals surface area contributed by atoms with Crippen LogP contribution in [0.1, 0.15) is 29.0 Å². The molecule has 0 aromatic carbocycles. The van der Waals surface area contributed by atoms with Crippen molar-refractivity contribution in [2.75, 3.05) is 20.8 Å². The Morgan fingerprint density at radius 1 is 1.35 bits per heavy atom. The molecule has 0 aliphatic carbocycles. The summed E-state index contributed by atoms with van der Waals surface area (Å²) in [6.45, 7) is 0.161. The molecule has 0 amide bonds. The van der Waals surface area contributed by atoms with Gasteiger partial charge in [0.15, 0.2) is 5.69 Å². The van der Waals surface area contributed by atoms with Crippen molar-refractivity contribution in [1.29, 1.82) is 0 Å². The predicted octanol–water partition coefficient (Wildman–Crippen LogP) is 1.19. The molecule has 1 N–H and O–H groups in total. The number of hydrogen-bond acceptors (Lipinski definition) is 5. The van der Waals surface area contributed by atoms with Crippen LogP contribution in [0.4, 0.5) is 0 Å². The van der Waals surface area contributed by atoms with Crippen molar-refractivity contribution in [2.45, 2.75) is 19.3 Å². The molecule has 0 fully saturated rings. The van der Waals surface area contributed by atoms with E-state index < -0.39 is 5.97 Å². The Labute approximate surface area is 100 Å². The Morgan fingerprint density at radius 2 is 2.12 bits per heavy atom. The molecule has 17 heavy (non-hydrogen) atoms. The number of methoxy groups -OCH3 is 2. The summed E-state index contributed by atoms with van der Waals surface area (Å²) in [6, 6.07) is 3.32. The highest BCUT2D eigenvalue weighted by Crippen LogP contribution is 2.16. The van der Waals surface area contributed by atoms with Crippen molar-refractivity contribution >= 4 is 5.97 Å². The van der Waals surface area contributed by atoms with Crippen LogP contribution in [0, 0.1) is 0 Å².